The Labute approximate surface area is 124 Å². The Morgan fingerprint density at radius 3 is 2.29 bits per heavy atom. The second-order valence-corrected chi connectivity index (χ2v) is 6.05. The highest BCUT2D eigenvalue weighted by Gasteiger charge is 2.14. The molecule has 2 N–H and O–H groups in total. The lowest BCUT2D eigenvalue weighted by Crippen LogP contribution is -2.14. The molecular formula is C15H17NO4S. The minimum atomic E-state index is -3.74. The van der Waals surface area contributed by atoms with Crippen molar-refractivity contribution in [2.24, 2.45) is 5.14 Å². The van der Waals surface area contributed by atoms with E-state index in [4.69, 9.17) is 14.6 Å². The van der Waals surface area contributed by atoms with E-state index in [0.29, 0.717) is 23.5 Å². The molecule has 0 unspecified atom stereocenters. The average Bonchev–Trinajstić information content (AvgIpc) is 2.46. The van der Waals surface area contributed by atoms with Crippen molar-refractivity contribution in [2.45, 2.75) is 11.3 Å². The van der Waals surface area contributed by atoms with Crippen molar-refractivity contribution >= 4 is 10.0 Å². The third-order valence-electron chi connectivity index (χ3n) is 3.12. The molecule has 0 aromatic heterocycles. The van der Waals surface area contributed by atoms with E-state index in [1.165, 1.54) is 6.07 Å². The molecule has 0 aliphatic rings. The summed E-state index contributed by atoms with van der Waals surface area (Å²) in [6.07, 6.45) is 0.437. The Hall–Kier alpha value is -2.05. The first kappa shape index (κ1) is 15.3. The molecule has 0 bridgehead atoms. The van der Waals surface area contributed by atoms with Crippen LogP contribution in [0.4, 0.5) is 0 Å². The van der Waals surface area contributed by atoms with E-state index in [-0.39, 0.29) is 4.90 Å². The first-order chi connectivity index (χ1) is 9.95. The topological polar surface area (TPSA) is 78.6 Å². The van der Waals surface area contributed by atoms with Crippen LogP contribution in [0.5, 0.6) is 11.5 Å². The largest absolute Gasteiger partial charge is 0.493 e. The average molecular weight is 307 g/mol. The maximum atomic E-state index is 11.6. The van der Waals surface area contributed by atoms with Gasteiger partial charge in [0.2, 0.25) is 10.0 Å². The molecule has 0 aliphatic carbocycles. The molecule has 0 amide bonds. The van der Waals surface area contributed by atoms with Crippen molar-refractivity contribution in [2.75, 3.05) is 14.2 Å². The van der Waals surface area contributed by atoms with Gasteiger partial charge >= 0.3 is 0 Å². The first-order valence-corrected chi connectivity index (χ1v) is 7.82. The molecule has 112 valence electrons. The van der Waals surface area contributed by atoms with E-state index < -0.39 is 10.0 Å². The fourth-order valence-electron chi connectivity index (χ4n) is 2.14. The summed E-state index contributed by atoms with van der Waals surface area (Å²) in [5.74, 6) is 1.23. The summed E-state index contributed by atoms with van der Waals surface area (Å²) in [6, 6.07) is 12.2. The van der Waals surface area contributed by atoms with Gasteiger partial charge in [0.25, 0.3) is 0 Å². The molecule has 0 heterocycles. The van der Waals surface area contributed by atoms with Crippen LogP contribution in [0.25, 0.3) is 0 Å². The Kier molecular flexibility index (Phi) is 4.50. The monoisotopic (exact) mass is 307 g/mol. The van der Waals surface area contributed by atoms with Gasteiger partial charge in [-0.25, -0.2) is 13.6 Å². The summed E-state index contributed by atoms with van der Waals surface area (Å²) in [5, 5.41) is 5.24. The van der Waals surface area contributed by atoms with Crippen molar-refractivity contribution in [3.05, 3.63) is 53.6 Å². The maximum Gasteiger partial charge on any atom is 0.238 e. The molecule has 0 radical (unpaired) electrons. The number of hydrogen-bond acceptors (Lipinski definition) is 4. The van der Waals surface area contributed by atoms with Crippen LogP contribution in [-0.2, 0) is 16.4 Å². The van der Waals surface area contributed by atoms with Crippen LogP contribution >= 0.6 is 0 Å². The van der Waals surface area contributed by atoms with Crippen LogP contribution in [0, 0.1) is 0 Å². The normalized spacial score (nSPS) is 11.2. The molecule has 0 saturated heterocycles. The van der Waals surface area contributed by atoms with Crippen LogP contribution in [-0.4, -0.2) is 22.6 Å². The molecule has 0 saturated carbocycles. The number of methoxy groups -OCH3 is 2. The van der Waals surface area contributed by atoms with E-state index >= 15 is 0 Å². The van der Waals surface area contributed by atoms with Crippen molar-refractivity contribution in [3.63, 3.8) is 0 Å². The molecule has 0 fully saturated rings. The van der Waals surface area contributed by atoms with Crippen LogP contribution in [0.3, 0.4) is 0 Å². The third-order valence-corrected chi connectivity index (χ3v) is 4.13. The Bertz CT molecular complexity index is 741. The van der Waals surface area contributed by atoms with E-state index in [1.807, 2.05) is 12.1 Å². The van der Waals surface area contributed by atoms with E-state index in [0.717, 1.165) is 5.56 Å². The maximum absolute atomic E-state index is 11.6. The summed E-state index contributed by atoms with van der Waals surface area (Å²) < 4.78 is 33.6. The second-order valence-electron chi connectivity index (χ2n) is 4.52. The van der Waals surface area contributed by atoms with Gasteiger partial charge in [0.05, 0.1) is 19.1 Å². The minimum Gasteiger partial charge on any atom is -0.493 e. The highest BCUT2D eigenvalue weighted by Crippen LogP contribution is 2.29. The van der Waals surface area contributed by atoms with Crippen LogP contribution in [0.2, 0.25) is 0 Å². The van der Waals surface area contributed by atoms with Gasteiger partial charge in [-0.3, -0.25) is 0 Å². The molecular weight excluding hydrogens is 290 g/mol. The molecule has 6 heteroatoms. The third kappa shape index (κ3) is 3.53. The Balaban J connectivity index is 2.40. The van der Waals surface area contributed by atoms with Gasteiger partial charge in [-0.05, 0) is 35.7 Å². The quantitative estimate of drug-likeness (QED) is 0.915. The summed E-state index contributed by atoms with van der Waals surface area (Å²) in [5.41, 5.74) is 1.55. The lowest BCUT2D eigenvalue weighted by atomic mass is 10.0. The summed E-state index contributed by atoms with van der Waals surface area (Å²) in [7, 11) is -0.619. The fraction of sp³-hybridized carbons (Fsp3) is 0.200. The number of primary sulfonamides is 1. The van der Waals surface area contributed by atoms with Gasteiger partial charge in [0.1, 0.15) is 0 Å². The predicted octanol–water partition coefficient (Wildman–Crippen LogP) is 1.94. The zero-order chi connectivity index (χ0) is 15.5. The predicted molar refractivity (Wildman–Crippen MR) is 80.2 cm³/mol. The molecule has 21 heavy (non-hydrogen) atoms. The number of ether oxygens (including phenoxy) is 2. The first-order valence-electron chi connectivity index (χ1n) is 6.27. The molecule has 5 nitrogen and oxygen atoms in total. The minimum absolute atomic E-state index is 0.139. The zero-order valence-electron chi connectivity index (χ0n) is 11.9. The highest BCUT2D eigenvalue weighted by atomic mass is 32.2. The molecule has 0 aliphatic heterocycles. The van der Waals surface area contributed by atoms with Gasteiger partial charge in [-0.15, -0.1) is 0 Å². The van der Waals surface area contributed by atoms with Gasteiger partial charge in [0.15, 0.2) is 11.5 Å². The number of benzene rings is 2. The van der Waals surface area contributed by atoms with E-state index in [9.17, 15) is 8.42 Å². The van der Waals surface area contributed by atoms with Crippen molar-refractivity contribution < 1.29 is 17.9 Å². The fourth-order valence-corrected chi connectivity index (χ4v) is 2.91. The lowest BCUT2D eigenvalue weighted by molar-refractivity contribution is 0.354. The molecule has 2 aromatic carbocycles. The zero-order valence-corrected chi connectivity index (χ0v) is 12.7. The Morgan fingerprint density at radius 1 is 1.00 bits per heavy atom. The van der Waals surface area contributed by atoms with Gasteiger partial charge in [0, 0.05) is 0 Å². The van der Waals surface area contributed by atoms with Gasteiger partial charge < -0.3 is 9.47 Å². The molecule has 2 aromatic rings. The van der Waals surface area contributed by atoms with Gasteiger partial charge in [-0.2, -0.15) is 0 Å². The number of sulfonamides is 1. The highest BCUT2D eigenvalue weighted by molar-refractivity contribution is 7.89. The van der Waals surface area contributed by atoms with Crippen LogP contribution in [0.15, 0.2) is 47.4 Å². The second kappa shape index (κ2) is 6.15. The van der Waals surface area contributed by atoms with Crippen LogP contribution < -0.4 is 14.6 Å². The smallest absolute Gasteiger partial charge is 0.238 e. The van der Waals surface area contributed by atoms with Crippen LogP contribution in [0.1, 0.15) is 11.1 Å². The number of rotatable bonds is 5. The molecule has 0 atom stereocenters. The SMILES string of the molecule is COc1ccc(Cc2ccccc2S(N)(=O)=O)cc1OC. The van der Waals surface area contributed by atoms with E-state index in [1.54, 1.807) is 38.5 Å². The number of hydrogen-bond donors (Lipinski definition) is 1. The standard InChI is InChI=1S/C15H17NO4S/c1-19-13-8-7-11(10-14(13)20-2)9-12-5-3-4-6-15(12)21(16,17)18/h3-8,10H,9H2,1-2H3,(H2,16,17,18). The summed E-state index contributed by atoms with van der Waals surface area (Å²) in [4.78, 5) is 0.139. The Morgan fingerprint density at radius 2 is 1.67 bits per heavy atom. The van der Waals surface area contributed by atoms with Crippen molar-refractivity contribution in [1.29, 1.82) is 0 Å². The number of nitrogens with two attached hydrogens (primary N) is 1. The van der Waals surface area contributed by atoms with Gasteiger partial charge in [-0.1, -0.05) is 24.3 Å². The van der Waals surface area contributed by atoms with Crippen molar-refractivity contribution in [1.82, 2.24) is 0 Å². The molecule has 0 spiro atoms. The lowest BCUT2D eigenvalue weighted by Gasteiger charge is -2.11. The van der Waals surface area contributed by atoms with E-state index in [2.05, 4.69) is 0 Å². The summed E-state index contributed by atoms with van der Waals surface area (Å²) >= 11 is 0. The summed E-state index contributed by atoms with van der Waals surface area (Å²) in [6.45, 7) is 0. The molecule has 2 rings (SSSR count). The van der Waals surface area contributed by atoms with Crippen molar-refractivity contribution in [3.8, 4) is 11.5 Å².